The van der Waals surface area contributed by atoms with Crippen LogP contribution in [0.4, 0.5) is 0 Å². The fourth-order valence-electron chi connectivity index (χ4n) is 4.99. The van der Waals surface area contributed by atoms with E-state index in [9.17, 15) is 0 Å². The molecule has 0 fully saturated rings. The lowest BCUT2D eigenvalue weighted by molar-refractivity contribution is 0.572. The Labute approximate surface area is 213 Å². The number of benzene rings is 3. The van der Waals surface area contributed by atoms with E-state index in [-0.39, 0.29) is 12.1 Å². The third kappa shape index (κ3) is 3.76. The van der Waals surface area contributed by atoms with Gasteiger partial charge in [0.1, 0.15) is 23.6 Å². The first-order valence-electron chi connectivity index (χ1n) is 12.2. The molecule has 0 radical (unpaired) electrons. The molecule has 3 aromatic heterocycles. The van der Waals surface area contributed by atoms with Crippen molar-refractivity contribution in [1.82, 2.24) is 28.7 Å². The van der Waals surface area contributed by atoms with E-state index < -0.39 is 0 Å². The minimum Gasteiger partial charge on any atom is -0.369 e. The second kappa shape index (κ2) is 8.70. The highest BCUT2D eigenvalue weighted by Crippen LogP contribution is 2.23. The molecule has 0 saturated carbocycles. The highest BCUT2D eigenvalue weighted by molar-refractivity contribution is 6.03. The first-order valence-corrected chi connectivity index (χ1v) is 12.2. The van der Waals surface area contributed by atoms with E-state index in [0.29, 0.717) is 5.96 Å². The highest BCUT2D eigenvalue weighted by atomic mass is 15.3. The maximum absolute atomic E-state index is 6.66. The topological polar surface area (TPSA) is 104 Å². The second-order valence-corrected chi connectivity index (χ2v) is 9.01. The molecule has 2 N–H and O–H groups in total. The van der Waals surface area contributed by atoms with Crippen LogP contribution in [0.15, 0.2) is 82.8 Å². The largest absolute Gasteiger partial charge is 0.369 e. The van der Waals surface area contributed by atoms with Crippen molar-refractivity contribution >= 4 is 45.0 Å². The first kappa shape index (κ1) is 22.7. The van der Waals surface area contributed by atoms with Gasteiger partial charge in [0.05, 0.1) is 33.1 Å². The van der Waals surface area contributed by atoms with Crippen molar-refractivity contribution in [3.05, 3.63) is 90.3 Å². The second-order valence-electron chi connectivity index (χ2n) is 9.01. The zero-order chi connectivity index (χ0) is 25.7. The van der Waals surface area contributed by atoms with Crippen LogP contribution in [0.3, 0.4) is 0 Å². The Balaban J connectivity index is 1.57. The van der Waals surface area contributed by atoms with Crippen LogP contribution in [0, 0.1) is 20.8 Å². The Morgan fingerprint density at radius 1 is 0.676 bits per heavy atom. The molecule has 9 nitrogen and oxygen atoms in total. The van der Waals surface area contributed by atoms with Crippen molar-refractivity contribution in [3.63, 3.8) is 0 Å². The molecule has 1 unspecified atom stereocenters. The van der Waals surface area contributed by atoms with E-state index in [4.69, 9.17) is 25.7 Å². The molecule has 0 aliphatic rings. The first-order chi connectivity index (χ1) is 17.9. The number of aryl methyl sites for hydroxylation is 3. The number of nitrogens with two attached hydrogens (primary N) is 1. The number of para-hydroxylation sites is 6. The lowest BCUT2D eigenvalue weighted by Crippen LogP contribution is -2.27. The Morgan fingerprint density at radius 3 is 1.76 bits per heavy atom. The zero-order valence-corrected chi connectivity index (χ0v) is 21.2. The van der Waals surface area contributed by atoms with Crippen LogP contribution in [0.5, 0.6) is 0 Å². The summed E-state index contributed by atoms with van der Waals surface area (Å²) >= 11 is 0. The summed E-state index contributed by atoms with van der Waals surface area (Å²) in [4.78, 5) is 24.1. The predicted molar refractivity (Wildman–Crippen MR) is 148 cm³/mol. The van der Waals surface area contributed by atoms with Crippen LogP contribution in [-0.4, -0.2) is 40.6 Å². The van der Waals surface area contributed by atoms with Crippen molar-refractivity contribution < 1.29 is 0 Å². The molecule has 3 heterocycles. The quantitative estimate of drug-likeness (QED) is 0.275. The third-order valence-electron chi connectivity index (χ3n) is 6.55. The monoisotopic (exact) mass is 489 g/mol. The molecule has 0 amide bonds. The smallest absolute Gasteiger partial charge is 0.236 e. The van der Waals surface area contributed by atoms with E-state index in [1.54, 1.807) is 0 Å². The summed E-state index contributed by atoms with van der Waals surface area (Å²) in [5.74, 6) is 3.10. The molecule has 1 atom stereocenters. The van der Waals surface area contributed by atoms with Crippen LogP contribution < -0.4 is 5.73 Å². The molecule has 0 aliphatic heterocycles. The third-order valence-corrected chi connectivity index (χ3v) is 6.55. The van der Waals surface area contributed by atoms with Gasteiger partial charge in [-0.3, -0.25) is 9.13 Å². The number of aliphatic imine (C=N–C) groups is 2. The summed E-state index contributed by atoms with van der Waals surface area (Å²) in [5, 5.41) is 0. The molecule has 0 aliphatic carbocycles. The molecular formula is C28H27N9. The Kier molecular flexibility index (Phi) is 5.33. The van der Waals surface area contributed by atoms with E-state index >= 15 is 0 Å². The van der Waals surface area contributed by atoms with Crippen LogP contribution in [0.1, 0.15) is 30.6 Å². The van der Waals surface area contributed by atoms with Gasteiger partial charge in [0.15, 0.2) is 0 Å². The van der Waals surface area contributed by atoms with Crippen molar-refractivity contribution in [2.24, 2.45) is 15.7 Å². The summed E-state index contributed by atoms with van der Waals surface area (Å²) < 4.78 is 5.90. The standard InChI is InChI=1S/C28H27N9/c1-17-30-21-11-5-8-14-24(21)35(17)20(4)33-28(37-19(3)32-23-13-7-10-16-26(23)37)34-27(29)36-18(2)31-22-12-6-9-15-25(22)36/h5-16,20H,1-4H3,(H2,29,33,34). The lowest BCUT2D eigenvalue weighted by atomic mass is 10.3. The van der Waals surface area contributed by atoms with Gasteiger partial charge in [-0.05, 0) is 64.1 Å². The van der Waals surface area contributed by atoms with Gasteiger partial charge in [-0.2, -0.15) is 4.99 Å². The Hall–Kier alpha value is -4.79. The van der Waals surface area contributed by atoms with Crippen molar-refractivity contribution in [2.75, 3.05) is 0 Å². The maximum atomic E-state index is 6.66. The Bertz CT molecular complexity index is 1850. The highest BCUT2D eigenvalue weighted by Gasteiger charge is 2.18. The van der Waals surface area contributed by atoms with Gasteiger partial charge in [-0.1, -0.05) is 36.4 Å². The zero-order valence-electron chi connectivity index (χ0n) is 21.2. The number of hydrogen-bond acceptors (Lipinski definition) is 4. The lowest BCUT2D eigenvalue weighted by Gasteiger charge is -2.15. The Morgan fingerprint density at radius 2 is 1.14 bits per heavy atom. The number of imidazole rings is 3. The van der Waals surface area contributed by atoms with Gasteiger partial charge in [-0.25, -0.2) is 19.9 Å². The fraction of sp³-hybridized carbons (Fsp3) is 0.179. The molecule has 0 bridgehead atoms. The molecule has 3 aromatic carbocycles. The summed E-state index contributed by atoms with van der Waals surface area (Å²) in [6.45, 7) is 7.88. The van der Waals surface area contributed by atoms with Gasteiger partial charge < -0.3 is 10.3 Å². The van der Waals surface area contributed by atoms with Crippen molar-refractivity contribution in [3.8, 4) is 0 Å². The van der Waals surface area contributed by atoms with Gasteiger partial charge in [-0.15, -0.1) is 0 Å². The van der Waals surface area contributed by atoms with E-state index in [1.165, 1.54) is 0 Å². The number of aromatic nitrogens is 6. The molecule has 9 heteroatoms. The van der Waals surface area contributed by atoms with E-state index in [0.717, 1.165) is 50.6 Å². The fourth-order valence-corrected chi connectivity index (χ4v) is 4.99. The number of rotatable bonds is 2. The van der Waals surface area contributed by atoms with Crippen LogP contribution in [0.25, 0.3) is 33.1 Å². The van der Waals surface area contributed by atoms with Crippen LogP contribution in [-0.2, 0) is 0 Å². The van der Waals surface area contributed by atoms with Gasteiger partial charge >= 0.3 is 0 Å². The average molecular weight is 490 g/mol. The normalized spacial score (nSPS) is 13.7. The minimum atomic E-state index is -0.305. The molecular weight excluding hydrogens is 462 g/mol. The summed E-state index contributed by atoms with van der Waals surface area (Å²) in [6.07, 6.45) is -0.305. The minimum absolute atomic E-state index is 0.279. The van der Waals surface area contributed by atoms with Crippen molar-refractivity contribution in [1.29, 1.82) is 0 Å². The molecule has 0 spiro atoms. The summed E-state index contributed by atoms with van der Waals surface area (Å²) in [6, 6.07) is 23.9. The van der Waals surface area contributed by atoms with E-state index in [1.807, 2.05) is 104 Å². The average Bonchev–Trinajstić information content (AvgIpc) is 3.51. The molecule has 0 saturated heterocycles. The SMILES string of the molecule is Cc1nc2ccccc2n1/C(N)=N/C(=N\C(C)n1c(C)nc2ccccc21)n1c(C)nc2ccccc21. The van der Waals surface area contributed by atoms with Gasteiger partial charge in [0, 0.05) is 0 Å². The van der Waals surface area contributed by atoms with E-state index in [2.05, 4.69) is 15.6 Å². The molecule has 6 aromatic rings. The number of hydrogen-bond donors (Lipinski definition) is 1. The molecule has 6 rings (SSSR count). The van der Waals surface area contributed by atoms with Crippen LogP contribution in [0.2, 0.25) is 0 Å². The summed E-state index contributed by atoms with van der Waals surface area (Å²) in [5.41, 5.74) is 12.1. The van der Waals surface area contributed by atoms with Gasteiger partial charge in [0.25, 0.3) is 0 Å². The predicted octanol–water partition coefficient (Wildman–Crippen LogP) is 4.95. The summed E-state index contributed by atoms with van der Waals surface area (Å²) in [7, 11) is 0. The van der Waals surface area contributed by atoms with Crippen LogP contribution >= 0.6 is 0 Å². The molecule has 184 valence electrons. The number of fused-ring (bicyclic) bond motifs is 3. The van der Waals surface area contributed by atoms with Gasteiger partial charge in [0.2, 0.25) is 11.9 Å². The van der Waals surface area contributed by atoms with Crippen molar-refractivity contribution in [2.45, 2.75) is 33.9 Å². The number of nitrogens with zero attached hydrogens (tertiary/aromatic N) is 8. The maximum Gasteiger partial charge on any atom is 0.236 e. The molecule has 37 heavy (non-hydrogen) atoms.